The van der Waals surface area contributed by atoms with Gasteiger partial charge in [-0.15, -0.1) is 0 Å². The van der Waals surface area contributed by atoms with Crippen molar-refractivity contribution in [2.45, 2.75) is 44.7 Å². The number of hydrogen-bond acceptors (Lipinski definition) is 3. The highest BCUT2D eigenvalue weighted by molar-refractivity contribution is 5.23. The van der Waals surface area contributed by atoms with Crippen molar-refractivity contribution in [1.82, 2.24) is 14.7 Å². The van der Waals surface area contributed by atoms with E-state index in [1.807, 2.05) is 16.9 Å². The van der Waals surface area contributed by atoms with Gasteiger partial charge in [0.25, 0.3) is 0 Å². The molecule has 1 aliphatic rings. The van der Waals surface area contributed by atoms with Gasteiger partial charge in [-0.25, -0.2) is 0 Å². The number of nitrogens with two attached hydrogens (primary N) is 1. The van der Waals surface area contributed by atoms with Crippen LogP contribution in [0.4, 0.5) is 5.82 Å². The molecule has 16 heavy (non-hydrogen) atoms. The maximum absolute atomic E-state index is 5.58. The summed E-state index contributed by atoms with van der Waals surface area (Å²) in [5.41, 5.74) is 5.58. The van der Waals surface area contributed by atoms with Gasteiger partial charge in [0.2, 0.25) is 0 Å². The van der Waals surface area contributed by atoms with Gasteiger partial charge in [-0.2, -0.15) is 5.10 Å². The Labute approximate surface area is 97.4 Å². The summed E-state index contributed by atoms with van der Waals surface area (Å²) in [7, 11) is 2.23. The summed E-state index contributed by atoms with van der Waals surface area (Å²) >= 11 is 0. The van der Waals surface area contributed by atoms with Gasteiger partial charge in [-0.05, 0) is 26.0 Å². The third-order valence-corrected chi connectivity index (χ3v) is 3.54. The molecule has 0 saturated heterocycles. The highest BCUT2D eigenvalue weighted by Crippen LogP contribution is 2.21. The van der Waals surface area contributed by atoms with Crippen LogP contribution >= 0.6 is 0 Å². The summed E-state index contributed by atoms with van der Waals surface area (Å²) in [4.78, 5) is 2.47. The van der Waals surface area contributed by atoms with Crippen molar-refractivity contribution in [3.63, 3.8) is 0 Å². The van der Waals surface area contributed by atoms with Crippen molar-refractivity contribution in [3.05, 3.63) is 12.3 Å². The van der Waals surface area contributed by atoms with Crippen molar-refractivity contribution >= 4 is 5.82 Å². The zero-order valence-corrected chi connectivity index (χ0v) is 10.1. The average Bonchev–Trinajstić information content (AvgIpc) is 2.73. The number of anilines is 1. The van der Waals surface area contributed by atoms with Crippen molar-refractivity contribution in [1.29, 1.82) is 0 Å². The van der Waals surface area contributed by atoms with Gasteiger partial charge in [0.05, 0.1) is 6.54 Å². The molecule has 0 unspecified atom stereocenters. The molecule has 0 amide bonds. The Morgan fingerprint density at radius 3 is 2.81 bits per heavy atom. The summed E-state index contributed by atoms with van der Waals surface area (Å²) < 4.78 is 1.93. The van der Waals surface area contributed by atoms with Crippen LogP contribution in [0.25, 0.3) is 0 Å². The fourth-order valence-electron chi connectivity index (χ4n) is 2.47. The van der Waals surface area contributed by atoms with Crippen LogP contribution in [0.1, 0.15) is 32.1 Å². The zero-order chi connectivity index (χ0) is 11.4. The molecule has 1 aliphatic carbocycles. The van der Waals surface area contributed by atoms with E-state index >= 15 is 0 Å². The van der Waals surface area contributed by atoms with E-state index in [9.17, 15) is 0 Å². The fourth-order valence-corrected chi connectivity index (χ4v) is 2.47. The van der Waals surface area contributed by atoms with E-state index in [4.69, 9.17) is 5.73 Å². The molecule has 0 spiro atoms. The second-order valence-corrected chi connectivity index (χ2v) is 4.78. The number of likely N-dealkylation sites (N-methyl/N-ethyl adjacent to an activating group) is 1. The van der Waals surface area contributed by atoms with Crippen LogP contribution in [0.2, 0.25) is 0 Å². The molecule has 0 aromatic carbocycles. The lowest BCUT2D eigenvalue weighted by Crippen LogP contribution is -2.35. The smallest absolute Gasteiger partial charge is 0.145 e. The summed E-state index contributed by atoms with van der Waals surface area (Å²) in [6.07, 6.45) is 8.87. The van der Waals surface area contributed by atoms with Crippen molar-refractivity contribution in [2.24, 2.45) is 0 Å². The quantitative estimate of drug-likeness (QED) is 0.844. The molecule has 1 saturated carbocycles. The highest BCUT2D eigenvalue weighted by Gasteiger charge is 2.17. The van der Waals surface area contributed by atoms with E-state index in [2.05, 4.69) is 17.0 Å². The van der Waals surface area contributed by atoms with E-state index in [-0.39, 0.29) is 0 Å². The van der Waals surface area contributed by atoms with Crippen LogP contribution in [0.3, 0.4) is 0 Å². The summed E-state index contributed by atoms with van der Waals surface area (Å²) in [5.74, 6) is 0.611. The van der Waals surface area contributed by atoms with Crippen LogP contribution in [0.5, 0.6) is 0 Å². The first-order chi connectivity index (χ1) is 7.75. The predicted molar refractivity (Wildman–Crippen MR) is 66.1 cm³/mol. The Bertz CT molecular complexity index is 315. The molecule has 2 N–H and O–H groups in total. The lowest BCUT2D eigenvalue weighted by atomic mass is 9.94. The van der Waals surface area contributed by atoms with Crippen LogP contribution in [-0.2, 0) is 6.54 Å². The first kappa shape index (κ1) is 11.5. The van der Waals surface area contributed by atoms with E-state index in [1.54, 1.807) is 0 Å². The standard InChI is InChI=1S/C12H22N4/c1-15(11-5-3-2-4-6-11)9-10-16-8-7-12(13)14-16/h7-8,11H,2-6,9-10H2,1H3,(H2,13,14). The van der Waals surface area contributed by atoms with Gasteiger partial charge in [-0.1, -0.05) is 19.3 Å². The molecule has 4 nitrogen and oxygen atoms in total. The second kappa shape index (κ2) is 5.34. The van der Waals surface area contributed by atoms with E-state index in [0.29, 0.717) is 5.82 Å². The van der Waals surface area contributed by atoms with Crippen molar-refractivity contribution in [2.75, 3.05) is 19.3 Å². The first-order valence-corrected chi connectivity index (χ1v) is 6.25. The van der Waals surface area contributed by atoms with E-state index < -0.39 is 0 Å². The molecule has 0 atom stereocenters. The van der Waals surface area contributed by atoms with E-state index in [1.165, 1.54) is 32.1 Å². The van der Waals surface area contributed by atoms with Gasteiger partial charge in [0.15, 0.2) is 0 Å². The lowest BCUT2D eigenvalue weighted by molar-refractivity contribution is 0.184. The first-order valence-electron chi connectivity index (χ1n) is 6.25. The summed E-state index contributed by atoms with van der Waals surface area (Å²) in [6.45, 7) is 2.00. The topological polar surface area (TPSA) is 47.1 Å². The largest absolute Gasteiger partial charge is 0.382 e. The minimum absolute atomic E-state index is 0.611. The number of hydrogen-bond donors (Lipinski definition) is 1. The lowest BCUT2D eigenvalue weighted by Gasteiger charge is -2.31. The maximum atomic E-state index is 5.58. The Kier molecular flexibility index (Phi) is 3.83. The minimum Gasteiger partial charge on any atom is -0.382 e. The van der Waals surface area contributed by atoms with Crippen LogP contribution in [0.15, 0.2) is 12.3 Å². The van der Waals surface area contributed by atoms with Crippen molar-refractivity contribution in [3.8, 4) is 0 Å². The summed E-state index contributed by atoms with van der Waals surface area (Å²) in [6, 6.07) is 2.63. The van der Waals surface area contributed by atoms with Gasteiger partial charge in [-0.3, -0.25) is 4.68 Å². The molecule has 0 aliphatic heterocycles. The molecular weight excluding hydrogens is 200 g/mol. The predicted octanol–water partition coefficient (Wildman–Crippen LogP) is 1.73. The van der Waals surface area contributed by atoms with Gasteiger partial charge in [0.1, 0.15) is 5.82 Å². The number of rotatable bonds is 4. The molecule has 1 heterocycles. The molecule has 1 aromatic rings. The molecule has 1 fully saturated rings. The zero-order valence-electron chi connectivity index (χ0n) is 10.1. The van der Waals surface area contributed by atoms with Crippen LogP contribution < -0.4 is 5.73 Å². The third kappa shape index (κ3) is 2.98. The fraction of sp³-hybridized carbons (Fsp3) is 0.750. The average molecular weight is 222 g/mol. The molecule has 4 heteroatoms. The van der Waals surface area contributed by atoms with Gasteiger partial charge >= 0.3 is 0 Å². The molecule has 0 radical (unpaired) electrons. The van der Waals surface area contributed by atoms with Gasteiger partial charge < -0.3 is 10.6 Å². The normalized spacial score (nSPS) is 18.1. The minimum atomic E-state index is 0.611. The Balaban J connectivity index is 1.76. The third-order valence-electron chi connectivity index (χ3n) is 3.54. The second-order valence-electron chi connectivity index (χ2n) is 4.78. The number of aromatic nitrogens is 2. The highest BCUT2D eigenvalue weighted by atomic mass is 15.3. The summed E-state index contributed by atoms with van der Waals surface area (Å²) in [5, 5.41) is 4.20. The maximum Gasteiger partial charge on any atom is 0.145 e. The number of nitrogen functional groups attached to an aromatic ring is 1. The van der Waals surface area contributed by atoms with Crippen LogP contribution in [-0.4, -0.2) is 34.3 Å². The monoisotopic (exact) mass is 222 g/mol. The SMILES string of the molecule is CN(CCn1ccc(N)n1)C1CCCCC1. The Morgan fingerprint density at radius 1 is 1.44 bits per heavy atom. The molecule has 2 rings (SSSR count). The van der Waals surface area contributed by atoms with Crippen LogP contribution in [0, 0.1) is 0 Å². The van der Waals surface area contributed by atoms with Crippen molar-refractivity contribution < 1.29 is 0 Å². The van der Waals surface area contributed by atoms with Gasteiger partial charge in [0, 0.05) is 18.8 Å². The van der Waals surface area contributed by atoms with E-state index in [0.717, 1.165) is 19.1 Å². The Morgan fingerprint density at radius 2 is 2.19 bits per heavy atom. The molecular formula is C12H22N4. The molecule has 1 aromatic heterocycles. The molecule has 0 bridgehead atoms. The molecule has 90 valence electrons. The Hall–Kier alpha value is -1.03. The number of nitrogens with zero attached hydrogens (tertiary/aromatic N) is 3.